The van der Waals surface area contributed by atoms with Crippen molar-refractivity contribution in [3.8, 4) is 5.75 Å². The highest BCUT2D eigenvalue weighted by atomic mass is 35.5. The van der Waals surface area contributed by atoms with Gasteiger partial charge in [-0.1, -0.05) is 11.6 Å². The van der Waals surface area contributed by atoms with Gasteiger partial charge in [0.1, 0.15) is 5.75 Å². The van der Waals surface area contributed by atoms with Crippen LogP contribution in [0.25, 0.3) is 0 Å². The van der Waals surface area contributed by atoms with E-state index in [0.717, 1.165) is 11.1 Å². The molecule has 1 aliphatic rings. The molecule has 0 aliphatic heterocycles. The molecular formula is C11H14ClNO. The molecule has 14 heavy (non-hydrogen) atoms. The lowest BCUT2D eigenvalue weighted by atomic mass is 10.0. The molecule has 1 saturated carbocycles. The summed E-state index contributed by atoms with van der Waals surface area (Å²) in [6, 6.07) is 3.43. The lowest BCUT2D eigenvalue weighted by Gasteiger charge is -2.14. The molecule has 0 heterocycles. The second kappa shape index (κ2) is 3.44. The molecule has 1 aliphatic carbocycles. The van der Waals surface area contributed by atoms with Crippen molar-refractivity contribution in [1.29, 1.82) is 0 Å². The molecule has 0 bridgehead atoms. The van der Waals surface area contributed by atoms with Crippen LogP contribution in [0.3, 0.4) is 0 Å². The Labute approximate surface area is 88.7 Å². The first-order valence-electron chi connectivity index (χ1n) is 4.84. The molecule has 2 rings (SSSR count). The average molecular weight is 212 g/mol. The third kappa shape index (κ3) is 1.72. The first-order chi connectivity index (χ1) is 6.59. The third-order valence-corrected chi connectivity index (χ3v) is 3.20. The topological polar surface area (TPSA) is 46.2 Å². The van der Waals surface area contributed by atoms with E-state index in [0.29, 0.717) is 10.9 Å². The fraction of sp³-hybridized carbons (Fsp3) is 0.455. The van der Waals surface area contributed by atoms with E-state index in [9.17, 15) is 5.11 Å². The molecule has 0 spiro atoms. The fourth-order valence-electron chi connectivity index (χ4n) is 1.67. The number of nitrogens with two attached hydrogens (primary N) is 1. The molecule has 0 unspecified atom stereocenters. The Kier molecular flexibility index (Phi) is 2.41. The van der Waals surface area contributed by atoms with Crippen molar-refractivity contribution in [2.45, 2.75) is 25.8 Å². The predicted molar refractivity (Wildman–Crippen MR) is 57.5 cm³/mol. The normalized spacial score (nSPS) is 18.2. The smallest absolute Gasteiger partial charge is 0.121 e. The van der Waals surface area contributed by atoms with Gasteiger partial charge in [0.05, 0.1) is 0 Å². The van der Waals surface area contributed by atoms with Crippen molar-refractivity contribution in [2.75, 3.05) is 0 Å². The second-order valence-electron chi connectivity index (χ2n) is 4.02. The van der Waals surface area contributed by atoms with E-state index in [-0.39, 0.29) is 11.8 Å². The Morgan fingerprint density at radius 2 is 2.14 bits per heavy atom. The number of halogens is 1. The minimum absolute atomic E-state index is 0.0361. The summed E-state index contributed by atoms with van der Waals surface area (Å²) >= 11 is 5.88. The Hall–Kier alpha value is -0.730. The number of hydrogen-bond donors (Lipinski definition) is 2. The molecule has 0 aromatic heterocycles. The molecule has 1 aromatic rings. The quantitative estimate of drug-likeness (QED) is 0.790. The van der Waals surface area contributed by atoms with Gasteiger partial charge in [0.2, 0.25) is 0 Å². The fourth-order valence-corrected chi connectivity index (χ4v) is 1.83. The summed E-state index contributed by atoms with van der Waals surface area (Å²) in [5.41, 5.74) is 7.81. The molecule has 0 radical (unpaired) electrons. The van der Waals surface area contributed by atoms with E-state index in [1.54, 1.807) is 6.07 Å². The maximum atomic E-state index is 9.70. The highest BCUT2D eigenvalue weighted by molar-refractivity contribution is 6.31. The Morgan fingerprint density at radius 1 is 1.50 bits per heavy atom. The number of aryl methyl sites for hydroxylation is 1. The molecule has 0 amide bonds. The first-order valence-corrected chi connectivity index (χ1v) is 5.22. The summed E-state index contributed by atoms with van der Waals surface area (Å²) in [6.07, 6.45) is 2.34. The molecule has 1 atom stereocenters. The van der Waals surface area contributed by atoms with Crippen LogP contribution in [0.15, 0.2) is 12.1 Å². The predicted octanol–water partition coefficient (Wildman–Crippen LogP) is 2.76. The maximum absolute atomic E-state index is 9.70. The molecule has 76 valence electrons. The van der Waals surface area contributed by atoms with E-state index < -0.39 is 0 Å². The van der Waals surface area contributed by atoms with Gasteiger partial charge in [-0.15, -0.1) is 0 Å². The van der Waals surface area contributed by atoms with Crippen LogP contribution in [0.5, 0.6) is 5.75 Å². The van der Waals surface area contributed by atoms with Crippen molar-refractivity contribution in [3.05, 3.63) is 28.3 Å². The minimum Gasteiger partial charge on any atom is -0.508 e. The van der Waals surface area contributed by atoms with E-state index in [1.165, 1.54) is 12.8 Å². The average Bonchev–Trinajstić information content (AvgIpc) is 2.93. The molecule has 1 fully saturated rings. The summed E-state index contributed by atoms with van der Waals surface area (Å²) < 4.78 is 0. The van der Waals surface area contributed by atoms with E-state index in [4.69, 9.17) is 17.3 Å². The highest BCUT2D eigenvalue weighted by Gasteiger charge is 2.31. The molecule has 1 aromatic carbocycles. The van der Waals surface area contributed by atoms with Crippen molar-refractivity contribution >= 4 is 11.6 Å². The summed E-state index contributed by atoms with van der Waals surface area (Å²) in [4.78, 5) is 0. The van der Waals surface area contributed by atoms with Gasteiger partial charge in [-0.05, 0) is 43.4 Å². The highest BCUT2D eigenvalue weighted by Crippen LogP contribution is 2.42. The number of phenolic OH excluding ortho intramolecular Hbond substituents is 1. The van der Waals surface area contributed by atoms with E-state index in [1.807, 2.05) is 13.0 Å². The van der Waals surface area contributed by atoms with Crippen molar-refractivity contribution in [3.63, 3.8) is 0 Å². The van der Waals surface area contributed by atoms with Gasteiger partial charge >= 0.3 is 0 Å². The zero-order valence-corrected chi connectivity index (χ0v) is 8.88. The van der Waals surface area contributed by atoms with Crippen LogP contribution in [0, 0.1) is 12.8 Å². The van der Waals surface area contributed by atoms with Crippen LogP contribution in [-0.4, -0.2) is 5.11 Å². The largest absolute Gasteiger partial charge is 0.508 e. The van der Waals surface area contributed by atoms with Gasteiger partial charge in [-0.3, -0.25) is 0 Å². The minimum atomic E-state index is -0.0361. The van der Waals surface area contributed by atoms with Crippen molar-refractivity contribution in [1.82, 2.24) is 0 Å². The number of rotatable bonds is 2. The van der Waals surface area contributed by atoms with Crippen LogP contribution >= 0.6 is 11.6 Å². The number of benzene rings is 1. The Bertz CT molecular complexity index is 361. The lowest BCUT2D eigenvalue weighted by Crippen LogP contribution is -2.12. The zero-order valence-electron chi connectivity index (χ0n) is 8.13. The summed E-state index contributed by atoms with van der Waals surface area (Å²) in [5.74, 6) is 0.765. The standard InChI is InChI=1S/C11H14ClNO/c1-6-4-8(10(14)5-9(6)12)11(13)7-2-3-7/h4-5,7,11,14H,2-3,13H2,1H3/t11-/m1/s1. The van der Waals surface area contributed by atoms with Crippen LogP contribution in [0.4, 0.5) is 0 Å². The van der Waals surface area contributed by atoms with Gasteiger partial charge in [0.15, 0.2) is 0 Å². The SMILES string of the molecule is Cc1cc([C@H](N)C2CC2)c(O)cc1Cl. The van der Waals surface area contributed by atoms with Gasteiger partial charge in [-0.2, -0.15) is 0 Å². The second-order valence-corrected chi connectivity index (χ2v) is 4.43. The number of phenols is 1. The number of aromatic hydroxyl groups is 1. The third-order valence-electron chi connectivity index (χ3n) is 2.80. The molecular weight excluding hydrogens is 198 g/mol. The molecule has 2 nitrogen and oxygen atoms in total. The van der Waals surface area contributed by atoms with E-state index in [2.05, 4.69) is 0 Å². The van der Waals surface area contributed by atoms with Crippen LogP contribution in [0.2, 0.25) is 5.02 Å². The van der Waals surface area contributed by atoms with Crippen LogP contribution < -0.4 is 5.73 Å². The summed E-state index contributed by atoms with van der Waals surface area (Å²) in [6.45, 7) is 1.92. The summed E-state index contributed by atoms with van der Waals surface area (Å²) in [7, 11) is 0. The molecule has 3 heteroatoms. The summed E-state index contributed by atoms with van der Waals surface area (Å²) in [5, 5.41) is 10.3. The lowest BCUT2D eigenvalue weighted by molar-refractivity contribution is 0.456. The Balaban J connectivity index is 2.36. The van der Waals surface area contributed by atoms with Gasteiger partial charge < -0.3 is 10.8 Å². The van der Waals surface area contributed by atoms with Gasteiger partial charge in [0.25, 0.3) is 0 Å². The van der Waals surface area contributed by atoms with Crippen molar-refractivity contribution < 1.29 is 5.11 Å². The van der Waals surface area contributed by atoms with Gasteiger partial charge in [0, 0.05) is 16.6 Å². The monoisotopic (exact) mass is 211 g/mol. The van der Waals surface area contributed by atoms with Gasteiger partial charge in [-0.25, -0.2) is 0 Å². The van der Waals surface area contributed by atoms with Crippen molar-refractivity contribution in [2.24, 2.45) is 11.7 Å². The van der Waals surface area contributed by atoms with Crippen LogP contribution in [0.1, 0.15) is 30.0 Å². The van der Waals surface area contributed by atoms with E-state index >= 15 is 0 Å². The number of hydrogen-bond acceptors (Lipinski definition) is 2. The molecule has 3 N–H and O–H groups in total. The first kappa shape index (κ1) is 9.81. The molecule has 0 saturated heterocycles. The van der Waals surface area contributed by atoms with Crippen LogP contribution in [-0.2, 0) is 0 Å². The zero-order chi connectivity index (χ0) is 10.3. The maximum Gasteiger partial charge on any atom is 0.121 e. The Morgan fingerprint density at radius 3 is 2.71 bits per heavy atom.